The number of methoxy groups -OCH3 is 1. The maximum Gasteiger partial charge on any atom is 0.154 e. The maximum absolute atomic E-state index is 5.50. The van der Waals surface area contributed by atoms with Gasteiger partial charge in [-0.25, -0.2) is 4.99 Å². The molecule has 222 valence electrons. The first-order chi connectivity index (χ1) is 20.3. The number of aliphatic imine (C=N–C) groups is 1. The molecule has 2 N–H and O–H groups in total. The highest BCUT2D eigenvalue weighted by atomic mass is 16.5. The van der Waals surface area contributed by atoms with Crippen molar-refractivity contribution in [1.29, 1.82) is 0 Å². The minimum Gasteiger partial charge on any atom is -0.496 e. The highest BCUT2D eigenvalue weighted by Gasteiger charge is 2.19. The van der Waals surface area contributed by atoms with Crippen molar-refractivity contribution >= 4 is 28.6 Å². The molecule has 0 spiro atoms. The van der Waals surface area contributed by atoms with E-state index in [1.165, 1.54) is 5.56 Å². The third-order valence-corrected chi connectivity index (χ3v) is 6.44. The Morgan fingerprint density at radius 2 is 1.62 bits per heavy atom. The molecule has 0 fully saturated rings. The van der Waals surface area contributed by atoms with Crippen LogP contribution in [0.15, 0.2) is 109 Å². The van der Waals surface area contributed by atoms with E-state index in [4.69, 9.17) is 9.73 Å². The van der Waals surface area contributed by atoms with Gasteiger partial charge in [0.05, 0.1) is 18.5 Å². The Bertz CT molecular complexity index is 1430. The molecule has 0 radical (unpaired) electrons. The highest BCUT2D eigenvalue weighted by molar-refractivity contribution is 6.10. The van der Waals surface area contributed by atoms with E-state index >= 15 is 0 Å². The fourth-order valence-corrected chi connectivity index (χ4v) is 4.18. The van der Waals surface area contributed by atoms with Gasteiger partial charge in [-0.1, -0.05) is 97.2 Å². The number of anilines is 2. The molecule has 5 nitrogen and oxygen atoms in total. The zero-order valence-corrected chi connectivity index (χ0v) is 26.9. The first-order valence-corrected chi connectivity index (χ1v) is 14.8. The number of hydrogen-bond donors (Lipinski definition) is 2. The summed E-state index contributed by atoms with van der Waals surface area (Å²) in [5, 5.41) is 6.87. The predicted octanol–water partition coefficient (Wildman–Crippen LogP) is 10.4. The molecule has 1 heterocycles. The van der Waals surface area contributed by atoms with Gasteiger partial charge >= 0.3 is 0 Å². The van der Waals surface area contributed by atoms with Gasteiger partial charge in [-0.3, -0.25) is 0 Å². The molecule has 0 unspecified atom stereocenters. The van der Waals surface area contributed by atoms with E-state index in [0.717, 1.165) is 50.9 Å². The molecule has 1 aliphatic heterocycles. The number of benzene rings is 3. The Kier molecular flexibility index (Phi) is 13.4. The number of nitrogens with zero attached hydrogens (tertiary/aromatic N) is 2. The molecule has 0 amide bonds. The largest absolute Gasteiger partial charge is 0.496 e. The first kappa shape index (κ1) is 33.7. The molecule has 3 aromatic rings. The van der Waals surface area contributed by atoms with Crippen LogP contribution in [0.25, 0.3) is 11.4 Å². The molecule has 0 aliphatic carbocycles. The minimum absolute atomic E-state index is 0.499. The summed E-state index contributed by atoms with van der Waals surface area (Å²) in [6.07, 6.45) is 5.94. The number of allylic oxidation sites excluding steroid dienone is 1. The summed E-state index contributed by atoms with van der Waals surface area (Å²) in [4.78, 5) is 6.93. The van der Waals surface area contributed by atoms with Crippen LogP contribution in [0.3, 0.4) is 0 Å². The highest BCUT2D eigenvalue weighted by Crippen LogP contribution is 2.29. The van der Waals surface area contributed by atoms with Crippen LogP contribution in [0.4, 0.5) is 11.4 Å². The van der Waals surface area contributed by atoms with Gasteiger partial charge < -0.3 is 20.3 Å². The van der Waals surface area contributed by atoms with Crippen LogP contribution in [0.1, 0.15) is 76.6 Å². The molecule has 42 heavy (non-hydrogen) atoms. The summed E-state index contributed by atoms with van der Waals surface area (Å²) in [5.41, 5.74) is 8.62. The SMILES string of the molecule is C=C(Nc1ccc(C(C)C)cc1)c1cccc(C2=CN(/C=C\C)C(=C)C(Nc3ccc(C)c(OC)c3)=N2)c1.CC.CC. The van der Waals surface area contributed by atoms with E-state index in [9.17, 15) is 0 Å². The van der Waals surface area contributed by atoms with Crippen LogP contribution < -0.4 is 15.4 Å². The average molecular weight is 565 g/mol. The minimum atomic E-state index is 0.499. The normalized spacial score (nSPS) is 12.4. The van der Waals surface area contributed by atoms with Crippen LogP contribution in [-0.2, 0) is 0 Å². The van der Waals surface area contributed by atoms with Gasteiger partial charge in [0.25, 0.3) is 0 Å². The predicted molar refractivity (Wildman–Crippen MR) is 185 cm³/mol. The quantitative estimate of drug-likeness (QED) is 0.286. The van der Waals surface area contributed by atoms with Crippen LogP contribution in [-0.4, -0.2) is 17.8 Å². The monoisotopic (exact) mass is 564 g/mol. The summed E-state index contributed by atoms with van der Waals surface area (Å²) < 4.78 is 5.50. The van der Waals surface area contributed by atoms with Gasteiger partial charge in [0.15, 0.2) is 5.84 Å². The molecule has 5 heteroatoms. The van der Waals surface area contributed by atoms with Gasteiger partial charge in [-0.15, -0.1) is 0 Å². The first-order valence-electron chi connectivity index (χ1n) is 14.8. The molecule has 0 bridgehead atoms. The second-order valence-corrected chi connectivity index (χ2v) is 9.58. The Morgan fingerprint density at radius 3 is 2.24 bits per heavy atom. The third-order valence-electron chi connectivity index (χ3n) is 6.44. The molecule has 0 saturated carbocycles. The van der Waals surface area contributed by atoms with Crippen molar-refractivity contribution in [3.63, 3.8) is 0 Å². The summed E-state index contributed by atoms with van der Waals surface area (Å²) in [6, 6.07) is 22.7. The fraction of sp³-hybridized carbons (Fsp3) is 0.270. The average Bonchev–Trinajstić information content (AvgIpc) is 3.02. The van der Waals surface area contributed by atoms with Crippen molar-refractivity contribution < 1.29 is 4.74 Å². The number of hydrogen-bond acceptors (Lipinski definition) is 5. The van der Waals surface area contributed by atoms with E-state index < -0.39 is 0 Å². The lowest BCUT2D eigenvalue weighted by atomic mass is 10.0. The number of amidine groups is 1. The van der Waals surface area contributed by atoms with Gasteiger partial charge in [0, 0.05) is 41.1 Å². The smallest absolute Gasteiger partial charge is 0.154 e. The fourth-order valence-electron chi connectivity index (χ4n) is 4.18. The Labute approximate surface area is 254 Å². The van der Waals surface area contributed by atoms with Crippen LogP contribution in [0.2, 0.25) is 0 Å². The lowest BCUT2D eigenvalue weighted by molar-refractivity contribution is 0.412. The molecule has 0 atom stereocenters. The zero-order valence-electron chi connectivity index (χ0n) is 26.9. The van der Waals surface area contributed by atoms with E-state index in [1.807, 2.05) is 89.2 Å². The van der Waals surface area contributed by atoms with Crippen molar-refractivity contribution in [3.8, 4) is 5.75 Å². The lowest BCUT2D eigenvalue weighted by Gasteiger charge is -2.26. The standard InChI is InChI=1S/C33H36N4O.2C2H6/c1-8-18-37-21-31(36-33(25(37)6)35-30-15-12-23(4)32(20-30)38-7)28-11-9-10-27(19-28)24(5)34-29-16-13-26(14-17-29)22(2)3;2*1-2/h8-22,34H,5-6H2,1-4,7H3,(H,35,36);2*1-2H3/b18-8-;;. The molecule has 3 aromatic carbocycles. The van der Waals surface area contributed by atoms with E-state index in [0.29, 0.717) is 11.8 Å². The number of aryl methyl sites for hydroxylation is 1. The number of ether oxygens (including phenoxy) is 1. The van der Waals surface area contributed by atoms with Crippen molar-refractivity contribution in [2.24, 2.45) is 4.99 Å². The molecule has 1 aliphatic rings. The van der Waals surface area contributed by atoms with Crippen molar-refractivity contribution in [3.05, 3.63) is 126 Å². The van der Waals surface area contributed by atoms with E-state index in [2.05, 4.69) is 80.1 Å². The van der Waals surface area contributed by atoms with Crippen LogP contribution >= 0.6 is 0 Å². The van der Waals surface area contributed by atoms with Crippen molar-refractivity contribution in [2.75, 3.05) is 17.7 Å². The van der Waals surface area contributed by atoms with Crippen LogP contribution in [0.5, 0.6) is 5.75 Å². The molecular formula is C37H48N4O. The second-order valence-electron chi connectivity index (χ2n) is 9.58. The lowest BCUT2D eigenvalue weighted by Crippen LogP contribution is -2.26. The maximum atomic E-state index is 5.50. The van der Waals surface area contributed by atoms with Gasteiger partial charge in [-0.2, -0.15) is 0 Å². The Hall–Kier alpha value is -4.51. The van der Waals surface area contributed by atoms with Gasteiger partial charge in [-0.05, 0) is 60.7 Å². The second kappa shape index (κ2) is 16.7. The molecule has 0 saturated heterocycles. The van der Waals surface area contributed by atoms with E-state index in [1.54, 1.807) is 7.11 Å². The topological polar surface area (TPSA) is 48.9 Å². The Balaban J connectivity index is 0.00000148. The summed E-state index contributed by atoms with van der Waals surface area (Å²) in [6.45, 7) is 24.9. The van der Waals surface area contributed by atoms with Crippen molar-refractivity contribution in [2.45, 2.75) is 61.3 Å². The van der Waals surface area contributed by atoms with Gasteiger partial charge in [0.2, 0.25) is 0 Å². The number of rotatable bonds is 8. The Morgan fingerprint density at radius 1 is 0.952 bits per heavy atom. The molecule has 4 rings (SSSR count). The van der Waals surface area contributed by atoms with Crippen molar-refractivity contribution in [1.82, 2.24) is 4.90 Å². The summed E-state index contributed by atoms with van der Waals surface area (Å²) in [7, 11) is 1.67. The summed E-state index contributed by atoms with van der Waals surface area (Å²) in [5.74, 6) is 1.98. The summed E-state index contributed by atoms with van der Waals surface area (Å²) >= 11 is 0. The zero-order chi connectivity index (χ0) is 31.2. The van der Waals surface area contributed by atoms with Crippen LogP contribution in [0, 0.1) is 6.92 Å². The third kappa shape index (κ3) is 8.74. The van der Waals surface area contributed by atoms with E-state index in [-0.39, 0.29) is 0 Å². The molecule has 0 aromatic heterocycles. The number of nitrogens with one attached hydrogen (secondary N) is 2. The van der Waals surface area contributed by atoms with Gasteiger partial charge in [0.1, 0.15) is 5.75 Å². The molecular weight excluding hydrogens is 516 g/mol.